The number of rotatable bonds is 3. The van der Waals surface area contributed by atoms with E-state index < -0.39 is 11.8 Å². The molecule has 0 atom stereocenters. The number of aliphatic carboxylic acids is 1. The van der Waals surface area contributed by atoms with Crippen LogP contribution in [-0.2, 0) is 4.79 Å². The Labute approximate surface area is 103 Å². The molecule has 2 rings (SSSR count). The van der Waals surface area contributed by atoms with E-state index in [9.17, 15) is 9.18 Å². The van der Waals surface area contributed by atoms with Gasteiger partial charge in [0.1, 0.15) is 18.2 Å². The van der Waals surface area contributed by atoms with E-state index in [0.29, 0.717) is 11.1 Å². The van der Waals surface area contributed by atoms with Gasteiger partial charge in [0, 0.05) is 24.3 Å². The summed E-state index contributed by atoms with van der Waals surface area (Å²) in [6.45, 7) is -0.264. The molecule has 94 valence electrons. The van der Waals surface area contributed by atoms with Gasteiger partial charge in [0.05, 0.1) is 5.39 Å². The number of halogens is 1. The van der Waals surface area contributed by atoms with E-state index in [1.54, 1.807) is 13.1 Å². The maximum Gasteiger partial charge on any atom is 0.323 e. The highest BCUT2D eigenvalue weighted by molar-refractivity contribution is 6.00. The van der Waals surface area contributed by atoms with Crippen molar-refractivity contribution < 1.29 is 14.3 Å². The van der Waals surface area contributed by atoms with Gasteiger partial charge in [0.2, 0.25) is 0 Å². The Kier molecular flexibility index (Phi) is 3.01. The van der Waals surface area contributed by atoms with Gasteiger partial charge in [0.15, 0.2) is 0 Å². The minimum absolute atomic E-state index is 0.237. The van der Waals surface area contributed by atoms with Crippen LogP contribution in [0.1, 0.15) is 0 Å². The molecule has 6 heteroatoms. The second-order valence-electron chi connectivity index (χ2n) is 3.94. The van der Waals surface area contributed by atoms with Crippen molar-refractivity contribution in [2.24, 2.45) is 0 Å². The molecule has 2 aromatic rings. The lowest BCUT2D eigenvalue weighted by Crippen LogP contribution is -2.26. The summed E-state index contributed by atoms with van der Waals surface area (Å²) < 4.78 is 13.9. The maximum atomic E-state index is 13.9. The summed E-state index contributed by atoms with van der Waals surface area (Å²) >= 11 is 0. The predicted octanol–water partition coefficient (Wildman–Crippen LogP) is 1.48. The van der Waals surface area contributed by atoms with E-state index in [1.165, 1.54) is 23.2 Å². The van der Waals surface area contributed by atoms with E-state index in [2.05, 4.69) is 4.98 Å². The molecule has 0 aliphatic heterocycles. The molecule has 3 N–H and O–H groups in total. The third kappa shape index (κ3) is 2.04. The van der Waals surface area contributed by atoms with Crippen molar-refractivity contribution >= 4 is 28.2 Å². The number of hydrogen-bond acceptors (Lipinski definition) is 4. The predicted molar refractivity (Wildman–Crippen MR) is 67.0 cm³/mol. The zero-order chi connectivity index (χ0) is 13.3. The topological polar surface area (TPSA) is 79.5 Å². The molecular weight excluding hydrogens is 237 g/mol. The van der Waals surface area contributed by atoms with Crippen LogP contribution in [0.25, 0.3) is 10.8 Å². The summed E-state index contributed by atoms with van der Waals surface area (Å²) in [5.74, 6) is -1.22. The molecule has 0 aliphatic rings. The highest BCUT2D eigenvalue weighted by atomic mass is 19.1. The number of nitrogens with zero attached hydrogens (tertiary/aromatic N) is 2. The molecule has 1 aromatic carbocycles. The molecule has 5 nitrogen and oxygen atoms in total. The fourth-order valence-electron chi connectivity index (χ4n) is 1.83. The standard InChI is InChI=1S/C12H12FN3O2/c1-16(6-10(17)18)12-11-7(4-5-15-12)9(14)3-2-8(11)13/h2-5H,6,14H2,1H3,(H,17,18). The van der Waals surface area contributed by atoms with Crippen LogP contribution in [0, 0.1) is 5.82 Å². The molecule has 18 heavy (non-hydrogen) atoms. The maximum absolute atomic E-state index is 13.9. The van der Waals surface area contributed by atoms with Gasteiger partial charge in [-0.05, 0) is 18.2 Å². The van der Waals surface area contributed by atoms with Gasteiger partial charge in [-0.1, -0.05) is 0 Å². The fraction of sp³-hybridized carbons (Fsp3) is 0.167. The second-order valence-corrected chi connectivity index (χ2v) is 3.94. The summed E-state index contributed by atoms with van der Waals surface area (Å²) in [5.41, 5.74) is 6.20. The Morgan fingerprint density at radius 2 is 2.22 bits per heavy atom. The van der Waals surface area contributed by atoms with Crippen molar-refractivity contribution in [2.75, 3.05) is 24.2 Å². The first kappa shape index (κ1) is 12.1. The lowest BCUT2D eigenvalue weighted by molar-refractivity contribution is -0.135. The van der Waals surface area contributed by atoms with Crippen LogP contribution in [0.5, 0.6) is 0 Å². The van der Waals surface area contributed by atoms with E-state index in [-0.39, 0.29) is 17.7 Å². The molecule has 1 aromatic heterocycles. The van der Waals surface area contributed by atoms with Gasteiger partial charge < -0.3 is 15.7 Å². The summed E-state index contributed by atoms with van der Waals surface area (Å²) in [6, 6.07) is 4.32. The number of fused-ring (bicyclic) bond motifs is 1. The number of benzene rings is 1. The van der Waals surface area contributed by atoms with Crippen LogP contribution < -0.4 is 10.6 Å². The third-order valence-corrected chi connectivity index (χ3v) is 2.62. The molecule has 0 unspecified atom stereocenters. The SMILES string of the molecule is CN(CC(=O)O)c1nccc2c(N)ccc(F)c12. The summed E-state index contributed by atoms with van der Waals surface area (Å²) in [4.78, 5) is 16.1. The number of anilines is 2. The number of hydrogen-bond donors (Lipinski definition) is 2. The number of carboxylic acids is 1. The highest BCUT2D eigenvalue weighted by Gasteiger charge is 2.15. The van der Waals surface area contributed by atoms with E-state index in [1.807, 2.05) is 0 Å². The number of carboxylic acid groups (broad SMARTS) is 1. The summed E-state index contributed by atoms with van der Waals surface area (Å²) in [6.07, 6.45) is 1.48. The van der Waals surface area contributed by atoms with Crippen molar-refractivity contribution in [3.8, 4) is 0 Å². The number of nitrogen functional groups attached to an aromatic ring is 1. The van der Waals surface area contributed by atoms with Gasteiger partial charge >= 0.3 is 5.97 Å². The lowest BCUT2D eigenvalue weighted by Gasteiger charge is -2.18. The molecule has 0 amide bonds. The molecule has 0 fully saturated rings. The van der Waals surface area contributed by atoms with Crippen LogP contribution >= 0.6 is 0 Å². The Morgan fingerprint density at radius 1 is 1.50 bits per heavy atom. The van der Waals surface area contributed by atoms with Gasteiger partial charge in [-0.3, -0.25) is 4.79 Å². The first-order valence-electron chi connectivity index (χ1n) is 5.26. The zero-order valence-electron chi connectivity index (χ0n) is 9.72. The third-order valence-electron chi connectivity index (χ3n) is 2.62. The number of likely N-dealkylation sites (N-methyl/N-ethyl adjacent to an activating group) is 1. The number of nitrogens with two attached hydrogens (primary N) is 1. The minimum Gasteiger partial charge on any atom is -0.480 e. The second kappa shape index (κ2) is 4.48. The van der Waals surface area contributed by atoms with Crippen molar-refractivity contribution in [1.29, 1.82) is 0 Å². The Balaban J connectivity index is 2.64. The van der Waals surface area contributed by atoms with Gasteiger partial charge in [-0.2, -0.15) is 0 Å². The van der Waals surface area contributed by atoms with Gasteiger partial charge in [-0.15, -0.1) is 0 Å². The van der Waals surface area contributed by atoms with E-state index in [4.69, 9.17) is 10.8 Å². The smallest absolute Gasteiger partial charge is 0.323 e. The zero-order valence-corrected chi connectivity index (χ0v) is 9.72. The van der Waals surface area contributed by atoms with Crippen LogP contribution in [-0.4, -0.2) is 29.7 Å². The van der Waals surface area contributed by atoms with Crippen molar-refractivity contribution in [1.82, 2.24) is 4.98 Å². The van der Waals surface area contributed by atoms with Crippen molar-refractivity contribution in [2.45, 2.75) is 0 Å². The number of carbonyl (C=O) groups is 1. The van der Waals surface area contributed by atoms with E-state index >= 15 is 0 Å². The van der Waals surface area contributed by atoms with Gasteiger partial charge in [0.25, 0.3) is 0 Å². The number of aromatic nitrogens is 1. The monoisotopic (exact) mass is 249 g/mol. The van der Waals surface area contributed by atoms with E-state index in [0.717, 1.165) is 0 Å². The van der Waals surface area contributed by atoms with Crippen LogP contribution in [0.3, 0.4) is 0 Å². The van der Waals surface area contributed by atoms with Crippen LogP contribution in [0.2, 0.25) is 0 Å². The first-order valence-corrected chi connectivity index (χ1v) is 5.26. The molecule has 0 radical (unpaired) electrons. The van der Waals surface area contributed by atoms with Crippen LogP contribution in [0.15, 0.2) is 24.4 Å². The molecule has 0 bridgehead atoms. The average molecular weight is 249 g/mol. The molecule has 0 saturated heterocycles. The normalized spacial score (nSPS) is 10.6. The first-order chi connectivity index (χ1) is 8.50. The Bertz CT molecular complexity index is 616. The lowest BCUT2D eigenvalue weighted by atomic mass is 10.1. The number of pyridine rings is 1. The molecule has 0 spiro atoms. The Morgan fingerprint density at radius 3 is 2.89 bits per heavy atom. The van der Waals surface area contributed by atoms with Crippen LogP contribution in [0.4, 0.5) is 15.9 Å². The Hall–Kier alpha value is -2.37. The molecule has 0 saturated carbocycles. The molecule has 1 heterocycles. The average Bonchev–Trinajstić information content (AvgIpc) is 2.32. The fourth-order valence-corrected chi connectivity index (χ4v) is 1.83. The highest BCUT2D eigenvalue weighted by Crippen LogP contribution is 2.30. The largest absolute Gasteiger partial charge is 0.480 e. The minimum atomic E-state index is -1.01. The molecular formula is C12H12FN3O2. The van der Waals surface area contributed by atoms with Crippen molar-refractivity contribution in [3.63, 3.8) is 0 Å². The summed E-state index contributed by atoms with van der Waals surface area (Å²) in [5, 5.41) is 9.52. The quantitative estimate of drug-likeness (QED) is 0.805. The molecule has 0 aliphatic carbocycles. The van der Waals surface area contributed by atoms with Crippen molar-refractivity contribution in [3.05, 3.63) is 30.2 Å². The van der Waals surface area contributed by atoms with Gasteiger partial charge in [-0.25, -0.2) is 9.37 Å². The summed E-state index contributed by atoms with van der Waals surface area (Å²) in [7, 11) is 1.54.